The van der Waals surface area contributed by atoms with Crippen LogP contribution in [0.5, 0.6) is 0 Å². The molecule has 0 saturated carbocycles. The highest BCUT2D eigenvalue weighted by Gasteiger charge is 1.93. The lowest BCUT2D eigenvalue weighted by molar-refractivity contribution is 0.467. The second kappa shape index (κ2) is 4.55. The van der Waals surface area contributed by atoms with Gasteiger partial charge in [0.2, 0.25) is 0 Å². The molecule has 1 unspecified atom stereocenters. The summed E-state index contributed by atoms with van der Waals surface area (Å²) in [5, 5.41) is 0. The molecule has 1 atom stereocenters. The van der Waals surface area contributed by atoms with E-state index in [2.05, 4.69) is 22.6 Å². The maximum Gasteiger partial charge on any atom is 0.151 e. The minimum Gasteiger partial charge on any atom is -0.236 e. The Kier molecular flexibility index (Phi) is 5.60. The zero-order valence-corrected chi connectivity index (χ0v) is 7.44. The first-order valence-electron chi connectivity index (χ1n) is 1.61. The van der Waals surface area contributed by atoms with Gasteiger partial charge in [0.25, 0.3) is 0 Å². The Labute approximate surface area is 64.2 Å². The van der Waals surface area contributed by atoms with Crippen molar-refractivity contribution in [1.82, 2.24) is 0 Å². The summed E-state index contributed by atoms with van der Waals surface area (Å²) in [7, 11) is 0. The molecular formula is C3H5FI2. The molecule has 0 saturated heterocycles. The fourth-order valence-electron chi connectivity index (χ4n) is 0.0825. The lowest BCUT2D eigenvalue weighted by Crippen LogP contribution is -1.84. The van der Waals surface area contributed by atoms with Crippen LogP contribution in [0.1, 0.15) is 6.42 Å². The molecule has 6 heavy (non-hydrogen) atoms. The van der Waals surface area contributed by atoms with E-state index in [-0.39, 0.29) is 0 Å². The topological polar surface area (TPSA) is 0 Å². The van der Waals surface area contributed by atoms with Gasteiger partial charge in [0.1, 0.15) is 0 Å². The van der Waals surface area contributed by atoms with Gasteiger partial charge in [-0.1, -0.05) is 22.6 Å². The van der Waals surface area contributed by atoms with Gasteiger partial charge in [-0.2, -0.15) is 0 Å². The highest BCUT2D eigenvalue weighted by Crippen LogP contribution is 2.07. The van der Waals surface area contributed by atoms with Crippen molar-refractivity contribution >= 4 is 45.2 Å². The summed E-state index contributed by atoms with van der Waals surface area (Å²) in [6.07, 6.45) is 0.682. The van der Waals surface area contributed by atoms with Gasteiger partial charge in [0.15, 0.2) is 4.18 Å². The van der Waals surface area contributed by atoms with Crippen LogP contribution in [-0.2, 0) is 0 Å². The molecule has 0 rings (SSSR count). The van der Waals surface area contributed by atoms with E-state index in [4.69, 9.17) is 0 Å². The van der Waals surface area contributed by atoms with Crippen LogP contribution in [0, 0.1) is 0 Å². The molecule has 0 aliphatic heterocycles. The Morgan fingerprint density at radius 1 is 1.67 bits per heavy atom. The Morgan fingerprint density at radius 2 is 2.17 bits per heavy atom. The zero-order chi connectivity index (χ0) is 4.99. The van der Waals surface area contributed by atoms with Crippen molar-refractivity contribution in [2.75, 3.05) is 4.43 Å². The van der Waals surface area contributed by atoms with Crippen molar-refractivity contribution in [2.45, 2.75) is 10.6 Å². The van der Waals surface area contributed by atoms with Crippen LogP contribution in [0.25, 0.3) is 0 Å². The van der Waals surface area contributed by atoms with Crippen LogP contribution < -0.4 is 0 Å². The van der Waals surface area contributed by atoms with Crippen molar-refractivity contribution in [3.8, 4) is 0 Å². The smallest absolute Gasteiger partial charge is 0.151 e. The van der Waals surface area contributed by atoms with E-state index in [0.717, 1.165) is 4.43 Å². The molecule has 0 bridgehead atoms. The number of hydrogen-bond acceptors (Lipinski definition) is 0. The van der Waals surface area contributed by atoms with Crippen LogP contribution >= 0.6 is 45.2 Å². The Morgan fingerprint density at radius 3 is 2.17 bits per heavy atom. The summed E-state index contributed by atoms with van der Waals surface area (Å²) in [5.41, 5.74) is 0. The van der Waals surface area contributed by atoms with Crippen LogP contribution in [0.15, 0.2) is 0 Å². The standard InChI is InChI=1S/C3H5FI2/c4-3(6)1-2-5/h3H,1-2H2. The Bertz CT molecular complexity index is 30.0. The van der Waals surface area contributed by atoms with Gasteiger partial charge < -0.3 is 0 Å². The van der Waals surface area contributed by atoms with Gasteiger partial charge in [0, 0.05) is 4.43 Å². The molecule has 0 amide bonds. The minimum absolute atomic E-state index is 0.639. The maximum absolute atomic E-state index is 11.7. The van der Waals surface area contributed by atoms with E-state index in [9.17, 15) is 4.39 Å². The lowest BCUT2D eigenvalue weighted by atomic mass is 10.6. The minimum atomic E-state index is -0.639. The Hall–Kier alpha value is 1.39. The molecule has 0 aliphatic rings. The molecule has 0 fully saturated rings. The molecule has 0 spiro atoms. The predicted molar refractivity (Wildman–Crippen MR) is 42.4 cm³/mol. The average Bonchev–Trinajstić information content (AvgIpc) is 1.35. The van der Waals surface area contributed by atoms with Crippen LogP contribution in [0.4, 0.5) is 4.39 Å². The van der Waals surface area contributed by atoms with Crippen molar-refractivity contribution in [2.24, 2.45) is 0 Å². The largest absolute Gasteiger partial charge is 0.236 e. The third-order valence-corrected chi connectivity index (χ3v) is 1.57. The summed E-state index contributed by atoms with van der Waals surface area (Å²) in [5.74, 6) is 0. The molecule has 3 heteroatoms. The number of rotatable bonds is 2. The van der Waals surface area contributed by atoms with Gasteiger partial charge in [-0.3, -0.25) is 0 Å². The predicted octanol–water partition coefficient (Wildman–Crippen LogP) is 2.54. The molecule has 0 nitrogen and oxygen atoms in total. The van der Waals surface area contributed by atoms with E-state index in [1.807, 2.05) is 0 Å². The van der Waals surface area contributed by atoms with Crippen molar-refractivity contribution in [1.29, 1.82) is 0 Å². The first-order valence-corrected chi connectivity index (χ1v) is 4.38. The van der Waals surface area contributed by atoms with Gasteiger partial charge in [-0.25, -0.2) is 4.39 Å². The van der Waals surface area contributed by atoms with Gasteiger partial charge in [0.05, 0.1) is 0 Å². The summed E-state index contributed by atoms with van der Waals surface area (Å²) in [6.45, 7) is 0. The quantitative estimate of drug-likeness (QED) is 0.543. The third kappa shape index (κ3) is 5.39. The number of halogens is 3. The van der Waals surface area contributed by atoms with E-state index < -0.39 is 4.18 Å². The van der Waals surface area contributed by atoms with Gasteiger partial charge in [-0.05, 0) is 29.0 Å². The van der Waals surface area contributed by atoms with Crippen molar-refractivity contribution < 1.29 is 4.39 Å². The maximum atomic E-state index is 11.7. The molecule has 38 valence electrons. The fraction of sp³-hybridized carbons (Fsp3) is 1.00. The molecule has 0 N–H and O–H groups in total. The fourth-order valence-corrected chi connectivity index (χ4v) is 2.13. The van der Waals surface area contributed by atoms with E-state index in [1.54, 1.807) is 22.6 Å². The molecule has 0 aliphatic carbocycles. The van der Waals surface area contributed by atoms with Crippen molar-refractivity contribution in [3.05, 3.63) is 0 Å². The molecule has 0 heterocycles. The molecular weight excluding hydrogens is 309 g/mol. The summed E-state index contributed by atoms with van der Waals surface area (Å²) in [4.78, 5) is 0. The zero-order valence-electron chi connectivity index (χ0n) is 3.13. The second-order valence-corrected chi connectivity index (χ2v) is 3.30. The first kappa shape index (κ1) is 7.39. The molecule has 0 aromatic heterocycles. The van der Waals surface area contributed by atoms with E-state index >= 15 is 0 Å². The number of hydrogen-bond donors (Lipinski definition) is 0. The average molecular weight is 314 g/mol. The summed E-state index contributed by atoms with van der Waals surface area (Å²) < 4.78 is 12.0. The summed E-state index contributed by atoms with van der Waals surface area (Å²) in [6, 6.07) is 0. The number of alkyl halides is 3. The van der Waals surface area contributed by atoms with Gasteiger partial charge in [-0.15, -0.1) is 0 Å². The van der Waals surface area contributed by atoms with Crippen LogP contribution in [-0.4, -0.2) is 8.61 Å². The molecule has 0 radical (unpaired) electrons. The Balaban J connectivity index is 2.63. The SMILES string of the molecule is FC(I)CCI. The first-order chi connectivity index (χ1) is 2.77. The van der Waals surface area contributed by atoms with Gasteiger partial charge >= 0.3 is 0 Å². The van der Waals surface area contributed by atoms with Crippen LogP contribution in [0.2, 0.25) is 0 Å². The third-order valence-electron chi connectivity index (χ3n) is 0.327. The monoisotopic (exact) mass is 314 g/mol. The summed E-state index contributed by atoms with van der Waals surface area (Å²) >= 11 is 3.93. The second-order valence-electron chi connectivity index (χ2n) is 0.869. The van der Waals surface area contributed by atoms with E-state index in [1.165, 1.54) is 0 Å². The molecule has 0 aromatic carbocycles. The lowest BCUT2D eigenvalue weighted by Gasteiger charge is -1.88. The molecule has 0 aromatic rings. The normalized spacial score (nSPS) is 14.5. The highest BCUT2D eigenvalue weighted by molar-refractivity contribution is 14.1. The van der Waals surface area contributed by atoms with Crippen LogP contribution in [0.3, 0.4) is 0 Å². The van der Waals surface area contributed by atoms with E-state index in [0.29, 0.717) is 6.42 Å². The van der Waals surface area contributed by atoms with Crippen molar-refractivity contribution in [3.63, 3.8) is 0 Å². The highest BCUT2D eigenvalue weighted by atomic mass is 127.